The van der Waals surface area contributed by atoms with Crippen molar-refractivity contribution < 1.29 is 0 Å². The molecule has 0 aliphatic carbocycles. The van der Waals surface area contributed by atoms with E-state index in [0.717, 1.165) is 0 Å². The molecule has 0 fully saturated rings. The number of hydrogen-bond donors (Lipinski definition) is 0. The molecule has 82 valence electrons. The Morgan fingerprint density at radius 3 is 2.18 bits per heavy atom. The van der Waals surface area contributed by atoms with E-state index >= 15 is 0 Å². The second kappa shape index (κ2) is 4.49. The van der Waals surface area contributed by atoms with Gasteiger partial charge in [-0.25, -0.2) is 0 Å². The van der Waals surface area contributed by atoms with Gasteiger partial charge < -0.3 is 0 Å². The van der Waals surface area contributed by atoms with Gasteiger partial charge in [0.25, 0.3) is 0 Å². The van der Waals surface area contributed by atoms with Crippen molar-refractivity contribution in [2.24, 2.45) is 0 Å². The van der Waals surface area contributed by atoms with E-state index < -0.39 is 0 Å². The maximum absolute atomic E-state index is 2.44. The minimum Gasteiger partial charge on any atom is -0.0622 e. The summed E-state index contributed by atoms with van der Waals surface area (Å²) < 4.78 is 1.33. The fourth-order valence-electron chi connectivity index (χ4n) is 2.07. The summed E-state index contributed by atoms with van der Waals surface area (Å²) in [5, 5.41) is 2.63. The van der Waals surface area contributed by atoms with Crippen LogP contribution in [0.4, 0.5) is 0 Å². The zero-order valence-electron chi connectivity index (χ0n) is 9.23. The van der Waals surface area contributed by atoms with E-state index in [1.165, 1.54) is 25.5 Å². The molecule has 3 aromatic carbocycles. The molecule has 0 atom stereocenters. The van der Waals surface area contributed by atoms with E-state index in [1.807, 2.05) is 0 Å². The zero-order chi connectivity index (χ0) is 11.7. The summed E-state index contributed by atoms with van der Waals surface area (Å²) in [4.78, 5) is 0. The Hall–Kier alpha value is -1.35. The molecule has 0 heterocycles. The summed E-state index contributed by atoms with van der Waals surface area (Å²) in [6.07, 6.45) is 0. The average Bonchev–Trinajstić information content (AvgIpc) is 2.40. The maximum atomic E-state index is 2.44. The van der Waals surface area contributed by atoms with Gasteiger partial charge in [0.05, 0.1) is 0 Å². The monoisotopic (exact) mass is 330 g/mol. The molecule has 0 saturated carbocycles. The molecule has 3 rings (SSSR count). The van der Waals surface area contributed by atoms with Crippen LogP contribution in [0.1, 0.15) is 0 Å². The highest BCUT2D eigenvalue weighted by atomic mass is 127. The Morgan fingerprint density at radius 1 is 0.647 bits per heavy atom. The number of rotatable bonds is 1. The van der Waals surface area contributed by atoms with E-state index in [0.29, 0.717) is 0 Å². The predicted molar refractivity (Wildman–Crippen MR) is 82.1 cm³/mol. The molecule has 0 saturated heterocycles. The maximum Gasteiger partial charge on any atom is 0.0287 e. The standard InChI is InChI=1S/C16H11I/c17-16-14-9-5-4-8-13(14)10-11-15(16)12-6-2-1-3-7-12/h1-11H. The predicted octanol–water partition coefficient (Wildman–Crippen LogP) is 5.11. The number of fused-ring (bicyclic) bond motifs is 1. The first-order valence-corrected chi connectivity index (χ1v) is 6.67. The van der Waals surface area contributed by atoms with Crippen LogP contribution in [0.25, 0.3) is 21.9 Å². The summed E-state index contributed by atoms with van der Waals surface area (Å²) >= 11 is 2.44. The van der Waals surface area contributed by atoms with E-state index in [1.54, 1.807) is 0 Å². The van der Waals surface area contributed by atoms with Crippen LogP contribution in [-0.4, -0.2) is 0 Å². The van der Waals surface area contributed by atoms with E-state index in [-0.39, 0.29) is 0 Å². The molecule has 0 aliphatic rings. The lowest BCUT2D eigenvalue weighted by Gasteiger charge is -2.08. The van der Waals surface area contributed by atoms with Gasteiger partial charge in [0, 0.05) is 3.57 Å². The Kier molecular flexibility index (Phi) is 2.85. The summed E-state index contributed by atoms with van der Waals surface area (Å²) in [7, 11) is 0. The van der Waals surface area contributed by atoms with Gasteiger partial charge in [-0.15, -0.1) is 0 Å². The van der Waals surface area contributed by atoms with Crippen molar-refractivity contribution in [3.8, 4) is 11.1 Å². The second-order valence-electron chi connectivity index (χ2n) is 4.01. The van der Waals surface area contributed by atoms with Crippen molar-refractivity contribution in [2.75, 3.05) is 0 Å². The van der Waals surface area contributed by atoms with Crippen molar-refractivity contribution in [1.82, 2.24) is 0 Å². The molecule has 0 aliphatic heterocycles. The Balaban J connectivity index is 2.29. The van der Waals surface area contributed by atoms with Gasteiger partial charge >= 0.3 is 0 Å². The third-order valence-electron chi connectivity index (χ3n) is 2.95. The molecule has 0 unspecified atom stereocenters. The number of hydrogen-bond acceptors (Lipinski definition) is 0. The number of benzene rings is 3. The van der Waals surface area contributed by atoms with Crippen LogP contribution < -0.4 is 0 Å². The van der Waals surface area contributed by atoms with Gasteiger partial charge in [0.1, 0.15) is 0 Å². The molecule has 0 bridgehead atoms. The molecule has 0 nitrogen and oxygen atoms in total. The van der Waals surface area contributed by atoms with Crippen molar-refractivity contribution in [3.63, 3.8) is 0 Å². The Labute approximate surface area is 114 Å². The van der Waals surface area contributed by atoms with E-state index in [4.69, 9.17) is 0 Å². The fraction of sp³-hybridized carbons (Fsp3) is 0. The van der Waals surface area contributed by atoms with Crippen molar-refractivity contribution in [3.05, 3.63) is 70.3 Å². The SMILES string of the molecule is Ic1c(-c2ccccc2)ccc2ccccc12. The third kappa shape index (κ3) is 1.95. The quantitative estimate of drug-likeness (QED) is 0.544. The average molecular weight is 330 g/mol. The lowest BCUT2D eigenvalue weighted by Crippen LogP contribution is -1.84. The molecular weight excluding hydrogens is 319 g/mol. The molecule has 0 amide bonds. The fourth-order valence-corrected chi connectivity index (χ4v) is 3.06. The lowest BCUT2D eigenvalue weighted by atomic mass is 10.0. The van der Waals surface area contributed by atoms with E-state index in [2.05, 4.69) is 89.3 Å². The molecule has 0 aromatic heterocycles. The smallest absolute Gasteiger partial charge is 0.0287 e. The Morgan fingerprint density at radius 2 is 1.35 bits per heavy atom. The number of halogens is 1. The molecule has 0 radical (unpaired) electrons. The first-order chi connectivity index (χ1) is 8.36. The van der Waals surface area contributed by atoms with Gasteiger partial charge in [-0.2, -0.15) is 0 Å². The van der Waals surface area contributed by atoms with Crippen molar-refractivity contribution >= 4 is 33.4 Å². The van der Waals surface area contributed by atoms with Gasteiger partial charge in [0.15, 0.2) is 0 Å². The summed E-state index contributed by atoms with van der Waals surface area (Å²) in [6, 6.07) is 23.5. The highest BCUT2D eigenvalue weighted by molar-refractivity contribution is 14.1. The van der Waals surface area contributed by atoms with Crippen LogP contribution >= 0.6 is 22.6 Å². The largest absolute Gasteiger partial charge is 0.0622 e. The van der Waals surface area contributed by atoms with Gasteiger partial charge in [-0.3, -0.25) is 0 Å². The van der Waals surface area contributed by atoms with E-state index in [9.17, 15) is 0 Å². The zero-order valence-corrected chi connectivity index (χ0v) is 11.4. The minimum atomic E-state index is 1.28. The lowest BCUT2D eigenvalue weighted by molar-refractivity contribution is 1.62. The topological polar surface area (TPSA) is 0 Å². The first-order valence-electron chi connectivity index (χ1n) is 5.59. The first kappa shape index (κ1) is 10.8. The van der Waals surface area contributed by atoms with Crippen LogP contribution in [0.15, 0.2) is 66.7 Å². The summed E-state index contributed by atoms with van der Waals surface area (Å²) in [5.74, 6) is 0. The van der Waals surface area contributed by atoms with Crippen LogP contribution in [0, 0.1) is 3.57 Å². The second-order valence-corrected chi connectivity index (χ2v) is 5.09. The molecular formula is C16H11I. The minimum absolute atomic E-state index is 1.28. The summed E-state index contributed by atoms with van der Waals surface area (Å²) in [5.41, 5.74) is 2.59. The van der Waals surface area contributed by atoms with Crippen molar-refractivity contribution in [2.45, 2.75) is 0 Å². The molecule has 3 aromatic rings. The molecule has 0 spiro atoms. The summed E-state index contributed by atoms with van der Waals surface area (Å²) in [6.45, 7) is 0. The van der Waals surface area contributed by atoms with Crippen LogP contribution in [0.5, 0.6) is 0 Å². The molecule has 17 heavy (non-hydrogen) atoms. The molecule has 0 N–H and O–H groups in total. The normalized spacial score (nSPS) is 10.6. The third-order valence-corrected chi connectivity index (χ3v) is 4.11. The van der Waals surface area contributed by atoms with Crippen LogP contribution in [0.2, 0.25) is 0 Å². The Bertz CT molecular complexity index is 657. The highest BCUT2D eigenvalue weighted by Crippen LogP contribution is 2.31. The van der Waals surface area contributed by atoms with Crippen molar-refractivity contribution in [1.29, 1.82) is 0 Å². The van der Waals surface area contributed by atoms with Gasteiger partial charge in [-0.1, -0.05) is 66.7 Å². The highest BCUT2D eigenvalue weighted by Gasteiger charge is 2.05. The van der Waals surface area contributed by atoms with Crippen LogP contribution in [-0.2, 0) is 0 Å². The molecule has 1 heteroatoms. The van der Waals surface area contributed by atoms with Crippen LogP contribution in [0.3, 0.4) is 0 Å². The van der Waals surface area contributed by atoms with Gasteiger partial charge in [0.2, 0.25) is 0 Å². The van der Waals surface area contributed by atoms with Gasteiger partial charge in [-0.05, 0) is 44.5 Å².